The van der Waals surface area contributed by atoms with E-state index in [1.807, 2.05) is 6.08 Å². The lowest BCUT2D eigenvalue weighted by molar-refractivity contribution is -0.143. The molecule has 0 saturated carbocycles. The highest BCUT2D eigenvalue weighted by molar-refractivity contribution is 5.76. The number of rotatable bonds is 74. The molecule has 3 N–H and O–H groups in total. The predicted octanol–water partition coefficient (Wildman–Crippen LogP) is 25.7. The Morgan fingerprint density at radius 1 is 0.318 bits per heavy atom. The largest absolute Gasteiger partial charge is 0.466 e. The Kier molecular flexibility index (Phi) is 73.3. The summed E-state index contributed by atoms with van der Waals surface area (Å²) in [5.41, 5.74) is 0. The number of carbonyl (C=O) groups excluding carboxylic acids is 2. The highest BCUT2D eigenvalue weighted by Crippen LogP contribution is 2.20. The summed E-state index contributed by atoms with van der Waals surface area (Å²) in [6, 6.07) is -0.628. The molecule has 0 radical (unpaired) electrons. The van der Waals surface area contributed by atoms with Crippen molar-refractivity contribution in [3.63, 3.8) is 0 Å². The van der Waals surface area contributed by atoms with Crippen LogP contribution in [0.4, 0.5) is 0 Å². The Morgan fingerprint density at radius 3 is 0.835 bits per heavy atom. The smallest absolute Gasteiger partial charge is 0.305 e. The van der Waals surface area contributed by atoms with Gasteiger partial charge in [0.05, 0.1) is 25.4 Å². The fourth-order valence-electron chi connectivity index (χ4n) is 12.5. The van der Waals surface area contributed by atoms with Crippen LogP contribution in [-0.2, 0) is 14.3 Å². The zero-order chi connectivity index (χ0) is 61.3. The number of allylic oxidation sites excluding steroid dienone is 3. The summed E-state index contributed by atoms with van der Waals surface area (Å²) in [5.74, 6) is -0.0403. The fraction of sp³-hybridized carbons (Fsp3) is 0.924. The van der Waals surface area contributed by atoms with E-state index in [1.54, 1.807) is 6.08 Å². The minimum absolute atomic E-state index is 0.0213. The monoisotopic (exact) mass is 1200 g/mol. The summed E-state index contributed by atoms with van der Waals surface area (Å²) >= 11 is 0. The van der Waals surface area contributed by atoms with Crippen molar-refractivity contribution in [3.8, 4) is 0 Å². The molecule has 1 amide bonds. The lowest BCUT2D eigenvalue weighted by atomic mass is 10.0. The van der Waals surface area contributed by atoms with Crippen LogP contribution in [-0.4, -0.2) is 47.4 Å². The van der Waals surface area contributed by atoms with Gasteiger partial charge >= 0.3 is 5.97 Å². The minimum Gasteiger partial charge on any atom is -0.466 e. The van der Waals surface area contributed by atoms with Crippen LogP contribution in [0.15, 0.2) is 24.3 Å². The van der Waals surface area contributed by atoms with Crippen LogP contribution in [0.1, 0.15) is 444 Å². The standard InChI is InChI=1S/C79H153NO5/c1-3-5-7-9-11-13-15-17-19-21-22-23-34-37-40-43-47-51-55-59-63-67-71-77(82)76(75-81)80-78(83)72-68-64-60-56-52-48-44-41-38-35-32-30-28-26-24-25-27-29-31-33-36-39-42-46-50-54-58-62-66-70-74-85-79(84)73-69-65-61-57-53-49-45-20-18-16-14-12-10-8-6-4-2/h25,27,67,71,76-77,81-82H,3-24,26,28-66,68-70,72-75H2,1-2H3,(H,80,83)/b27-25-,71-67+. The molecule has 0 aliphatic heterocycles. The normalized spacial score (nSPS) is 12.6. The molecule has 0 saturated heterocycles. The number of aliphatic hydroxyl groups is 2. The summed E-state index contributed by atoms with van der Waals surface area (Å²) in [6.45, 7) is 4.96. The average molecular weight is 1200 g/mol. The Hall–Kier alpha value is -1.66. The third kappa shape index (κ3) is 71.3. The summed E-state index contributed by atoms with van der Waals surface area (Å²) in [5, 5.41) is 23.3. The molecule has 504 valence electrons. The number of unbranched alkanes of at least 4 members (excludes halogenated alkanes) is 61. The second-order valence-electron chi connectivity index (χ2n) is 27.0. The fourth-order valence-corrected chi connectivity index (χ4v) is 12.5. The quantitative estimate of drug-likeness (QED) is 0.0320. The van der Waals surface area contributed by atoms with Crippen LogP contribution in [0.2, 0.25) is 0 Å². The maximum Gasteiger partial charge on any atom is 0.305 e. The molecule has 0 aromatic rings. The molecule has 0 aliphatic rings. The zero-order valence-corrected chi connectivity index (χ0v) is 57.9. The molecule has 0 bridgehead atoms. The van der Waals surface area contributed by atoms with Crippen molar-refractivity contribution in [1.29, 1.82) is 0 Å². The number of nitrogens with one attached hydrogen (secondary N) is 1. The van der Waals surface area contributed by atoms with Crippen LogP contribution in [0.3, 0.4) is 0 Å². The van der Waals surface area contributed by atoms with Gasteiger partial charge < -0.3 is 20.3 Å². The Balaban J connectivity index is 3.38. The molecule has 0 fully saturated rings. The molecule has 6 nitrogen and oxygen atoms in total. The molecule has 0 heterocycles. The molecule has 85 heavy (non-hydrogen) atoms. The van der Waals surface area contributed by atoms with Crippen molar-refractivity contribution in [2.24, 2.45) is 0 Å². The number of carbonyl (C=O) groups is 2. The van der Waals surface area contributed by atoms with Gasteiger partial charge in [0.15, 0.2) is 0 Å². The second-order valence-corrected chi connectivity index (χ2v) is 27.0. The van der Waals surface area contributed by atoms with Gasteiger partial charge in [-0.1, -0.05) is 398 Å². The highest BCUT2D eigenvalue weighted by Gasteiger charge is 2.18. The van der Waals surface area contributed by atoms with E-state index >= 15 is 0 Å². The van der Waals surface area contributed by atoms with Gasteiger partial charge in [-0.3, -0.25) is 9.59 Å². The van der Waals surface area contributed by atoms with Gasteiger partial charge in [-0.05, 0) is 57.8 Å². The molecule has 0 aromatic carbocycles. The van der Waals surface area contributed by atoms with Crippen LogP contribution in [0.25, 0.3) is 0 Å². The van der Waals surface area contributed by atoms with Crippen molar-refractivity contribution in [3.05, 3.63) is 24.3 Å². The molecule has 2 unspecified atom stereocenters. The van der Waals surface area contributed by atoms with Crippen LogP contribution < -0.4 is 5.32 Å². The van der Waals surface area contributed by atoms with Gasteiger partial charge in [0, 0.05) is 12.8 Å². The van der Waals surface area contributed by atoms with Crippen molar-refractivity contribution < 1.29 is 24.5 Å². The van der Waals surface area contributed by atoms with Crippen LogP contribution >= 0.6 is 0 Å². The summed E-state index contributed by atoms with van der Waals surface area (Å²) in [4.78, 5) is 24.6. The summed E-state index contributed by atoms with van der Waals surface area (Å²) < 4.78 is 5.51. The van der Waals surface area contributed by atoms with Crippen LogP contribution in [0, 0.1) is 0 Å². The first-order valence-corrected chi connectivity index (χ1v) is 39.1. The SMILES string of the molecule is CCCCCCCCCCCCCCCCCCCCCC/C=C/C(O)C(CO)NC(=O)CCCCCCCCCCCCCCCC/C=C\CCCCCCCCCCCCCCOC(=O)CCCCCCCCCCCCCCCCCC. The summed E-state index contributed by atoms with van der Waals surface area (Å²) in [6.07, 6.45) is 95.8. The van der Waals surface area contributed by atoms with E-state index in [-0.39, 0.29) is 18.5 Å². The third-order valence-corrected chi connectivity index (χ3v) is 18.5. The summed E-state index contributed by atoms with van der Waals surface area (Å²) in [7, 11) is 0. The molecule has 0 rings (SSSR count). The van der Waals surface area contributed by atoms with Gasteiger partial charge in [0.1, 0.15) is 0 Å². The number of hydrogen-bond donors (Lipinski definition) is 3. The Bertz CT molecular complexity index is 1330. The Morgan fingerprint density at radius 2 is 0.553 bits per heavy atom. The molecular weight excluding hydrogens is 1040 g/mol. The third-order valence-electron chi connectivity index (χ3n) is 18.5. The lowest BCUT2D eigenvalue weighted by Crippen LogP contribution is -2.45. The molecule has 0 aromatic heterocycles. The van der Waals surface area contributed by atoms with Gasteiger partial charge in [-0.15, -0.1) is 0 Å². The number of esters is 1. The lowest BCUT2D eigenvalue weighted by Gasteiger charge is -2.20. The topological polar surface area (TPSA) is 95.9 Å². The van der Waals surface area contributed by atoms with E-state index in [1.165, 1.54) is 379 Å². The van der Waals surface area contributed by atoms with E-state index in [0.717, 1.165) is 38.5 Å². The predicted molar refractivity (Wildman–Crippen MR) is 375 cm³/mol. The van der Waals surface area contributed by atoms with Gasteiger partial charge in [-0.2, -0.15) is 0 Å². The number of ether oxygens (including phenoxy) is 1. The van der Waals surface area contributed by atoms with Gasteiger partial charge in [-0.25, -0.2) is 0 Å². The van der Waals surface area contributed by atoms with Crippen LogP contribution in [0.5, 0.6) is 0 Å². The molecule has 6 heteroatoms. The Labute approximate surface area is 532 Å². The maximum absolute atomic E-state index is 12.5. The first-order chi connectivity index (χ1) is 42.0. The highest BCUT2D eigenvalue weighted by atomic mass is 16.5. The van der Waals surface area contributed by atoms with Gasteiger partial charge in [0.2, 0.25) is 5.91 Å². The molecule has 0 aliphatic carbocycles. The number of amides is 1. The van der Waals surface area contributed by atoms with E-state index in [4.69, 9.17) is 4.74 Å². The van der Waals surface area contributed by atoms with E-state index in [9.17, 15) is 19.8 Å². The number of hydrogen-bond acceptors (Lipinski definition) is 5. The van der Waals surface area contributed by atoms with Crippen molar-refractivity contribution >= 4 is 11.9 Å². The van der Waals surface area contributed by atoms with Crippen molar-refractivity contribution in [2.45, 2.75) is 456 Å². The first kappa shape index (κ1) is 83.3. The first-order valence-electron chi connectivity index (χ1n) is 39.1. The van der Waals surface area contributed by atoms with Gasteiger partial charge in [0.25, 0.3) is 0 Å². The second kappa shape index (κ2) is 74.8. The van der Waals surface area contributed by atoms with Crippen molar-refractivity contribution in [2.75, 3.05) is 13.2 Å². The molecular formula is C79H153NO5. The average Bonchev–Trinajstić information content (AvgIpc) is 3.50. The van der Waals surface area contributed by atoms with E-state index in [2.05, 4.69) is 31.3 Å². The molecule has 0 spiro atoms. The van der Waals surface area contributed by atoms with E-state index < -0.39 is 12.1 Å². The number of aliphatic hydroxyl groups excluding tert-OH is 2. The van der Waals surface area contributed by atoms with Crippen molar-refractivity contribution in [1.82, 2.24) is 5.32 Å². The van der Waals surface area contributed by atoms with E-state index in [0.29, 0.717) is 19.4 Å². The zero-order valence-electron chi connectivity index (χ0n) is 57.9. The maximum atomic E-state index is 12.5. The minimum atomic E-state index is -0.845. The molecule has 2 atom stereocenters.